The standard InChI is InChI=1S/C13H15N7O/c1-14-10-8-19-7-5-15-11(19)12(16-10)20-6-4-9(17-20)13(21)18(2)3/h4-8,14H,1-3H3. The molecule has 0 saturated heterocycles. The first-order valence-corrected chi connectivity index (χ1v) is 6.39. The quantitative estimate of drug-likeness (QED) is 0.764. The van der Waals surface area contributed by atoms with Crippen molar-refractivity contribution < 1.29 is 4.79 Å². The number of imidazole rings is 1. The summed E-state index contributed by atoms with van der Waals surface area (Å²) in [5, 5.41) is 7.28. The summed E-state index contributed by atoms with van der Waals surface area (Å²) in [6, 6.07) is 1.66. The molecule has 0 fully saturated rings. The number of fused-ring (bicyclic) bond motifs is 1. The fourth-order valence-corrected chi connectivity index (χ4v) is 1.97. The van der Waals surface area contributed by atoms with Crippen molar-refractivity contribution in [1.82, 2.24) is 29.0 Å². The first-order chi connectivity index (χ1) is 10.1. The molecule has 3 aromatic heterocycles. The highest BCUT2D eigenvalue weighted by atomic mass is 16.2. The van der Waals surface area contributed by atoms with Crippen LogP contribution in [0.1, 0.15) is 10.5 Å². The Balaban J connectivity index is 2.12. The number of nitrogens with zero attached hydrogens (tertiary/aromatic N) is 6. The van der Waals surface area contributed by atoms with Crippen LogP contribution in [0.25, 0.3) is 11.5 Å². The molecule has 108 valence electrons. The highest BCUT2D eigenvalue weighted by molar-refractivity contribution is 5.91. The van der Waals surface area contributed by atoms with Gasteiger partial charge in [0.1, 0.15) is 5.82 Å². The molecule has 0 aromatic carbocycles. The number of amides is 1. The Bertz CT molecular complexity index is 802. The van der Waals surface area contributed by atoms with Gasteiger partial charge in [-0.25, -0.2) is 14.6 Å². The molecule has 3 rings (SSSR count). The van der Waals surface area contributed by atoms with Gasteiger partial charge >= 0.3 is 0 Å². The summed E-state index contributed by atoms with van der Waals surface area (Å²) in [5.74, 6) is 1.09. The molecule has 0 atom stereocenters. The molecule has 3 heterocycles. The van der Waals surface area contributed by atoms with Gasteiger partial charge in [0.2, 0.25) is 0 Å². The number of anilines is 1. The maximum atomic E-state index is 11.9. The fraction of sp³-hybridized carbons (Fsp3) is 0.231. The summed E-state index contributed by atoms with van der Waals surface area (Å²) in [7, 11) is 5.17. The van der Waals surface area contributed by atoms with Gasteiger partial charge in [-0.1, -0.05) is 0 Å². The Morgan fingerprint density at radius 2 is 2.14 bits per heavy atom. The van der Waals surface area contributed by atoms with E-state index in [1.165, 1.54) is 4.90 Å². The van der Waals surface area contributed by atoms with E-state index in [-0.39, 0.29) is 5.91 Å². The molecule has 1 N–H and O–H groups in total. The van der Waals surface area contributed by atoms with Crippen molar-refractivity contribution in [3.8, 4) is 5.82 Å². The molecule has 0 aliphatic heterocycles. The number of carbonyl (C=O) groups is 1. The van der Waals surface area contributed by atoms with Crippen molar-refractivity contribution in [1.29, 1.82) is 0 Å². The van der Waals surface area contributed by atoms with Gasteiger partial charge in [-0.3, -0.25) is 4.79 Å². The number of rotatable bonds is 3. The normalized spacial score (nSPS) is 10.8. The maximum Gasteiger partial charge on any atom is 0.273 e. The number of aromatic nitrogens is 5. The predicted octanol–water partition coefficient (Wildman–Crippen LogP) is 0.658. The minimum absolute atomic E-state index is 0.155. The maximum absolute atomic E-state index is 11.9. The van der Waals surface area contributed by atoms with Gasteiger partial charge in [0.15, 0.2) is 17.2 Å². The molecule has 0 unspecified atom stereocenters. The second-order valence-electron chi connectivity index (χ2n) is 4.70. The molecule has 0 aliphatic carbocycles. The molecule has 1 amide bonds. The second kappa shape index (κ2) is 4.89. The van der Waals surface area contributed by atoms with Gasteiger partial charge in [0.25, 0.3) is 5.91 Å². The molecule has 8 nitrogen and oxygen atoms in total. The monoisotopic (exact) mass is 285 g/mol. The summed E-state index contributed by atoms with van der Waals surface area (Å²) in [4.78, 5) is 22.1. The van der Waals surface area contributed by atoms with Gasteiger partial charge in [-0.05, 0) is 6.07 Å². The first kappa shape index (κ1) is 13.1. The average molecular weight is 285 g/mol. The van der Waals surface area contributed by atoms with E-state index >= 15 is 0 Å². The summed E-state index contributed by atoms with van der Waals surface area (Å²) in [5.41, 5.74) is 1.03. The van der Waals surface area contributed by atoms with Gasteiger partial charge in [-0.15, -0.1) is 0 Å². The third-order valence-electron chi connectivity index (χ3n) is 3.04. The van der Waals surface area contributed by atoms with Crippen LogP contribution in [0.4, 0.5) is 5.82 Å². The minimum Gasteiger partial charge on any atom is -0.372 e. The molecule has 0 radical (unpaired) electrons. The Morgan fingerprint density at radius 3 is 2.86 bits per heavy atom. The van der Waals surface area contributed by atoms with Gasteiger partial charge in [-0.2, -0.15) is 5.10 Å². The van der Waals surface area contributed by atoms with E-state index in [4.69, 9.17) is 0 Å². The van der Waals surface area contributed by atoms with Crippen molar-refractivity contribution in [2.45, 2.75) is 0 Å². The van der Waals surface area contributed by atoms with E-state index in [1.54, 1.807) is 44.3 Å². The summed E-state index contributed by atoms with van der Waals surface area (Å²) < 4.78 is 3.41. The molecule has 0 spiro atoms. The van der Waals surface area contributed by atoms with Crippen molar-refractivity contribution in [3.63, 3.8) is 0 Å². The molecule has 21 heavy (non-hydrogen) atoms. The molecule has 0 saturated carbocycles. The smallest absolute Gasteiger partial charge is 0.273 e. The van der Waals surface area contributed by atoms with Crippen LogP contribution in [0.2, 0.25) is 0 Å². The Kier molecular flexibility index (Phi) is 3.05. The lowest BCUT2D eigenvalue weighted by atomic mass is 10.4. The number of carbonyl (C=O) groups excluding carboxylic acids is 1. The van der Waals surface area contributed by atoms with E-state index < -0.39 is 0 Å². The first-order valence-electron chi connectivity index (χ1n) is 6.39. The molecule has 8 heteroatoms. The van der Waals surface area contributed by atoms with Crippen LogP contribution < -0.4 is 5.32 Å². The van der Waals surface area contributed by atoms with Gasteiger partial charge in [0.05, 0.1) is 6.20 Å². The SMILES string of the molecule is CNc1cn2ccnc2c(-n2ccc(C(=O)N(C)C)n2)n1. The highest BCUT2D eigenvalue weighted by Gasteiger charge is 2.15. The highest BCUT2D eigenvalue weighted by Crippen LogP contribution is 2.15. The zero-order chi connectivity index (χ0) is 15.0. The molecule has 0 aliphatic rings. The van der Waals surface area contributed by atoms with E-state index in [9.17, 15) is 4.79 Å². The Labute approximate surface area is 121 Å². The van der Waals surface area contributed by atoms with Crippen LogP contribution in [0.3, 0.4) is 0 Å². The van der Waals surface area contributed by atoms with Crippen LogP contribution in [0.15, 0.2) is 30.9 Å². The van der Waals surface area contributed by atoms with Crippen LogP contribution in [-0.4, -0.2) is 56.1 Å². The third-order valence-corrected chi connectivity index (χ3v) is 3.04. The van der Waals surface area contributed by atoms with E-state index in [0.717, 1.165) is 0 Å². The molecule has 3 aromatic rings. The summed E-state index contributed by atoms with van der Waals surface area (Å²) in [6.07, 6.45) is 7.06. The van der Waals surface area contributed by atoms with E-state index in [2.05, 4.69) is 20.4 Å². The third kappa shape index (κ3) is 2.20. The summed E-state index contributed by atoms with van der Waals surface area (Å²) >= 11 is 0. The van der Waals surface area contributed by atoms with Crippen molar-refractivity contribution in [3.05, 3.63) is 36.5 Å². The van der Waals surface area contributed by atoms with Crippen molar-refractivity contribution >= 4 is 17.4 Å². The van der Waals surface area contributed by atoms with E-state index in [1.807, 2.05) is 16.8 Å². The largest absolute Gasteiger partial charge is 0.372 e. The fourth-order valence-electron chi connectivity index (χ4n) is 1.97. The van der Waals surface area contributed by atoms with Crippen LogP contribution in [-0.2, 0) is 0 Å². The van der Waals surface area contributed by atoms with Crippen LogP contribution in [0.5, 0.6) is 0 Å². The lowest BCUT2D eigenvalue weighted by molar-refractivity contribution is 0.0821. The lowest BCUT2D eigenvalue weighted by Crippen LogP contribution is -2.22. The zero-order valence-corrected chi connectivity index (χ0v) is 12.0. The number of nitrogens with one attached hydrogen (secondary N) is 1. The van der Waals surface area contributed by atoms with Gasteiger partial charge < -0.3 is 14.6 Å². The van der Waals surface area contributed by atoms with Gasteiger partial charge in [0, 0.05) is 39.7 Å². The Hall–Kier alpha value is -2.90. The Morgan fingerprint density at radius 1 is 1.33 bits per heavy atom. The zero-order valence-electron chi connectivity index (χ0n) is 12.0. The number of hydrogen-bond acceptors (Lipinski definition) is 5. The number of hydrogen-bond donors (Lipinski definition) is 1. The lowest BCUT2D eigenvalue weighted by Gasteiger charge is -2.08. The molecular formula is C13H15N7O. The molecular weight excluding hydrogens is 270 g/mol. The average Bonchev–Trinajstić information content (AvgIpc) is 3.13. The molecule has 0 bridgehead atoms. The topological polar surface area (TPSA) is 80.4 Å². The second-order valence-corrected chi connectivity index (χ2v) is 4.70. The van der Waals surface area contributed by atoms with E-state index in [0.29, 0.717) is 23.0 Å². The summed E-state index contributed by atoms with van der Waals surface area (Å²) in [6.45, 7) is 0. The van der Waals surface area contributed by atoms with Crippen LogP contribution in [0, 0.1) is 0 Å². The van der Waals surface area contributed by atoms with Crippen molar-refractivity contribution in [2.75, 3.05) is 26.5 Å². The van der Waals surface area contributed by atoms with Crippen LogP contribution >= 0.6 is 0 Å². The minimum atomic E-state index is -0.155. The predicted molar refractivity (Wildman–Crippen MR) is 77.7 cm³/mol. The van der Waals surface area contributed by atoms with Crippen molar-refractivity contribution in [2.24, 2.45) is 0 Å².